The largest absolute Gasteiger partial charge is 1.00 e. The van der Waals surface area contributed by atoms with Crippen LogP contribution in [0.2, 0.25) is 0 Å². The Morgan fingerprint density at radius 1 is 1.00 bits per heavy atom. The molecule has 0 spiro atoms. The minimum absolute atomic E-state index is 0. The first-order chi connectivity index (χ1) is 7.57. The number of hydrogen-bond donors (Lipinski definition) is 0. The van der Waals surface area contributed by atoms with Crippen LogP contribution in [0.3, 0.4) is 0 Å². The summed E-state index contributed by atoms with van der Waals surface area (Å²) in [6.07, 6.45) is 2.84. The third kappa shape index (κ3) is 3.58. The molecule has 0 radical (unpaired) electrons. The molecule has 0 aliphatic rings. The second kappa shape index (κ2) is 5.70. The summed E-state index contributed by atoms with van der Waals surface area (Å²) in [5.74, 6) is 0. The van der Waals surface area contributed by atoms with Gasteiger partial charge in [-0.2, -0.15) is 0 Å². The van der Waals surface area contributed by atoms with Crippen molar-refractivity contribution in [1.29, 1.82) is 0 Å². The molecule has 0 saturated heterocycles. The molecule has 2 heterocycles. The van der Waals surface area contributed by atoms with Gasteiger partial charge >= 0.3 is 29.6 Å². The first-order valence-electron chi connectivity index (χ1n) is 4.41. The molecule has 0 aliphatic heterocycles. The molecule has 82 valence electrons. The van der Waals surface area contributed by atoms with E-state index < -0.39 is 10.1 Å². The predicted molar refractivity (Wildman–Crippen MR) is 55.4 cm³/mol. The fraction of sp³-hybridized carbons (Fsp3) is 0. The number of nitrogens with zero attached hydrogens (tertiary/aromatic N) is 2. The van der Waals surface area contributed by atoms with Gasteiger partial charge in [-0.15, -0.1) is 0 Å². The van der Waals surface area contributed by atoms with Gasteiger partial charge in [0.05, 0.1) is 16.3 Å². The van der Waals surface area contributed by atoms with E-state index in [1.807, 2.05) is 0 Å². The molecule has 0 unspecified atom stereocenters. The molecule has 0 N–H and O–H groups in total. The van der Waals surface area contributed by atoms with Gasteiger partial charge < -0.3 is 4.55 Å². The van der Waals surface area contributed by atoms with Crippen molar-refractivity contribution in [3.63, 3.8) is 0 Å². The van der Waals surface area contributed by atoms with Gasteiger partial charge in [-0.1, -0.05) is 6.07 Å². The van der Waals surface area contributed by atoms with Crippen LogP contribution in [0.15, 0.2) is 47.6 Å². The predicted octanol–water partition coefficient (Wildman–Crippen LogP) is -1.95. The van der Waals surface area contributed by atoms with E-state index in [2.05, 4.69) is 9.97 Å². The summed E-state index contributed by atoms with van der Waals surface area (Å²) in [5.41, 5.74) is 0.880. The SMILES string of the molecule is O=S(=O)([O-])c1ccnc(-c2ccccn2)c1.[Na+]. The maximum Gasteiger partial charge on any atom is 1.00 e. The van der Waals surface area contributed by atoms with Crippen molar-refractivity contribution < 1.29 is 42.5 Å². The Kier molecular flexibility index (Phi) is 4.79. The first kappa shape index (κ1) is 14.3. The minimum Gasteiger partial charge on any atom is -0.744 e. The fourth-order valence-electron chi connectivity index (χ4n) is 1.22. The Hall–Kier alpha value is -0.790. The molecule has 2 aromatic rings. The van der Waals surface area contributed by atoms with Gasteiger partial charge in [0.25, 0.3) is 0 Å². The molecule has 17 heavy (non-hydrogen) atoms. The van der Waals surface area contributed by atoms with E-state index in [1.165, 1.54) is 12.3 Å². The van der Waals surface area contributed by atoms with Crippen LogP contribution in [0.5, 0.6) is 0 Å². The van der Waals surface area contributed by atoms with Crippen molar-refractivity contribution in [2.75, 3.05) is 0 Å². The van der Waals surface area contributed by atoms with Gasteiger partial charge in [0.2, 0.25) is 0 Å². The normalized spacial score (nSPS) is 10.6. The van der Waals surface area contributed by atoms with Gasteiger partial charge in [-0.05, 0) is 24.3 Å². The number of hydrogen-bond acceptors (Lipinski definition) is 5. The third-order valence-corrected chi connectivity index (χ3v) is 2.78. The van der Waals surface area contributed by atoms with E-state index in [0.29, 0.717) is 11.4 Å². The standard InChI is InChI=1S/C10H8N2O3S.Na/c13-16(14,15)8-4-6-12-10(7-8)9-3-1-2-5-11-9;/h1-7H,(H,13,14,15);/q;+1/p-1. The van der Waals surface area contributed by atoms with Crippen LogP contribution < -0.4 is 29.6 Å². The molecule has 0 atom stereocenters. The third-order valence-electron chi connectivity index (χ3n) is 1.95. The average Bonchev–Trinajstić information content (AvgIpc) is 2.29. The Morgan fingerprint density at radius 3 is 2.29 bits per heavy atom. The van der Waals surface area contributed by atoms with E-state index in [-0.39, 0.29) is 34.5 Å². The van der Waals surface area contributed by atoms with Crippen LogP contribution in [0.4, 0.5) is 0 Å². The summed E-state index contributed by atoms with van der Waals surface area (Å²) < 4.78 is 32.4. The summed E-state index contributed by atoms with van der Waals surface area (Å²) in [7, 11) is -4.45. The van der Waals surface area contributed by atoms with Crippen molar-refractivity contribution in [1.82, 2.24) is 9.97 Å². The molecular weight excluding hydrogens is 251 g/mol. The number of pyridine rings is 2. The molecule has 0 aromatic carbocycles. The maximum atomic E-state index is 10.8. The molecule has 0 amide bonds. The Labute approximate surface area is 121 Å². The molecule has 0 bridgehead atoms. The summed E-state index contributed by atoms with van der Waals surface area (Å²) in [5, 5.41) is 0. The summed E-state index contributed by atoms with van der Waals surface area (Å²) in [4.78, 5) is 7.67. The number of rotatable bonds is 2. The van der Waals surface area contributed by atoms with Crippen LogP contribution in [0, 0.1) is 0 Å². The monoisotopic (exact) mass is 258 g/mol. The van der Waals surface area contributed by atoms with Crippen molar-refractivity contribution in [3.8, 4) is 11.4 Å². The van der Waals surface area contributed by atoms with Gasteiger partial charge in [-0.3, -0.25) is 9.97 Å². The van der Waals surface area contributed by atoms with E-state index in [0.717, 1.165) is 6.07 Å². The second-order valence-corrected chi connectivity index (χ2v) is 4.43. The Morgan fingerprint density at radius 2 is 1.71 bits per heavy atom. The molecule has 0 saturated carbocycles. The number of aromatic nitrogens is 2. The Balaban J connectivity index is 0.00000144. The van der Waals surface area contributed by atoms with Crippen molar-refractivity contribution in [2.45, 2.75) is 4.90 Å². The molecule has 2 rings (SSSR count). The van der Waals surface area contributed by atoms with Gasteiger partial charge in [0, 0.05) is 12.4 Å². The zero-order valence-corrected chi connectivity index (χ0v) is 11.9. The van der Waals surface area contributed by atoms with Crippen LogP contribution in [0.25, 0.3) is 11.4 Å². The topological polar surface area (TPSA) is 83.0 Å². The van der Waals surface area contributed by atoms with Crippen molar-refractivity contribution in [3.05, 3.63) is 42.7 Å². The van der Waals surface area contributed by atoms with Crippen LogP contribution >= 0.6 is 0 Å². The average molecular weight is 258 g/mol. The summed E-state index contributed by atoms with van der Waals surface area (Å²) in [6.45, 7) is 0. The maximum absolute atomic E-state index is 10.8. The molecule has 0 aliphatic carbocycles. The fourth-order valence-corrected chi connectivity index (χ4v) is 1.70. The molecule has 0 fully saturated rings. The second-order valence-electron chi connectivity index (χ2n) is 3.05. The smallest absolute Gasteiger partial charge is 0.744 e. The minimum atomic E-state index is -4.45. The molecule has 5 nitrogen and oxygen atoms in total. The molecule has 2 aromatic heterocycles. The Bertz CT molecular complexity index is 602. The van der Waals surface area contributed by atoms with E-state index in [9.17, 15) is 13.0 Å². The van der Waals surface area contributed by atoms with Gasteiger partial charge in [-0.25, -0.2) is 8.42 Å². The quantitative estimate of drug-likeness (QED) is 0.462. The van der Waals surface area contributed by atoms with E-state index in [1.54, 1.807) is 24.4 Å². The zero-order chi connectivity index (χ0) is 11.6. The van der Waals surface area contributed by atoms with Crippen LogP contribution in [-0.2, 0) is 10.1 Å². The van der Waals surface area contributed by atoms with Crippen molar-refractivity contribution in [2.24, 2.45) is 0 Å². The zero-order valence-electron chi connectivity index (χ0n) is 9.07. The van der Waals surface area contributed by atoms with E-state index in [4.69, 9.17) is 0 Å². The molecule has 7 heteroatoms. The first-order valence-corrected chi connectivity index (χ1v) is 5.81. The molecular formula is C10H7N2NaO3S. The van der Waals surface area contributed by atoms with Crippen molar-refractivity contribution >= 4 is 10.1 Å². The van der Waals surface area contributed by atoms with Gasteiger partial charge in [0.15, 0.2) is 0 Å². The van der Waals surface area contributed by atoms with E-state index >= 15 is 0 Å². The summed E-state index contributed by atoms with van der Waals surface area (Å²) >= 11 is 0. The summed E-state index contributed by atoms with van der Waals surface area (Å²) in [6, 6.07) is 7.54. The van der Waals surface area contributed by atoms with Crippen LogP contribution in [0.1, 0.15) is 0 Å². The van der Waals surface area contributed by atoms with Gasteiger partial charge in [0.1, 0.15) is 10.1 Å². The van der Waals surface area contributed by atoms with Crippen LogP contribution in [-0.4, -0.2) is 22.9 Å².